The maximum atomic E-state index is 11.4. The Hall–Kier alpha value is -1.66. The maximum absolute atomic E-state index is 11.4. The highest BCUT2D eigenvalue weighted by Gasteiger charge is 2.22. The van der Waals surface area contributed by atoms with Crippen molar-refractivity contribution in [3.8, 4) is 0 Å². The van der Waals surface area contributed by atoms with Gasteiger partial charge >= 0.3 is 5.97 Å². The summed E-state index contributed by atoms with van der Waals surface area (Å²) in [6.07, 6.45) is 1.55. The summed E-state index contributed by atoms with van der Waals surface area (Å²) in [7, 11) is 0. The van der Waals surface area contributed by atoms with E-state index in [1.54, 1.807) is 10.8 Å². The molecule has 0 radical (unpaired) electrons. The first-order valence-electron chi connectivity index (χ1n) is 6.79. The van der Waals surface area contributed by atoms with E-state index in [9.17, 15) is 14.7 Å². The number of carbonyl (C=O) groups excluding carboxylic acids is 1. The van der Waals surface area contributed by atoms with Gasteiger partial charge in [0.1, 0.15) is 5.69 Å². The van der Waals surface area contributed by atoms with Crippen molar-refractivity contribution >= 4 is 11.8 Å². The first-order chi connectivity index (χ1) is 9.51. The second-order valence-electron chi connectivity index (χ2n) is 5.01. The van der Waals surface area contributed by atoms with Crippen LogP contribution in [0, 0.1) is 0 Å². The Kier molecular flexibility index (Phi) is 4.57. The van der Waals surface area contributed by atoms with Crippen LogP contribution in [0.25, 0.3) is 0 Å². The highest BCUT2D eigenvalue weighted by molar-refractivity contribution is 5.97. The number of carboxylic acid groups (broad SMARTS) is 1. The Morgan fingerprint density at radius 2 is 2.25 bits per heavy atom. The number of ketones is 1. The van der Waals surface area contributed by atoms with Gasteiger partial charge in [-0.3, -0.25) is 9.69 Å². The third-order valence-electron chi connectivity index (χ3n) is 3.59. The number of aromatic carboxylic acids is 1. The first kappa shape index (κ1) is 14.7. The van der Waals surface area contributed by atoms with Gasteiger partial charge in [-0.05, 0) is 19.5 Å². The smallest absolute Gasteiger partial charge is 0.352 e. The summed E-state index contributed by atoms with van der Waals surface area (Å²) in [6, 6.07) is 1.42. The Balaban J connectivity index is 2.15. The summed E-state index contributed by atoms with van der Waals surface area (Å²) in [5, 5.41) is 9.21. The standard InChI is InChI=1S/C14H20N2O4/c1-3-15-4-5-20-12(8-15)9-16-7-11(10(2)17)6-13(16)14(18)19/h6-7,12H,3-5,8-9H2,1-2H3,(H,18,19). The number of morpholine rings is 1. The fourth-order valence-electron chi connectivity index (χ4n) is 2.43. The largest absolute Gasteiger partial charge is 0.477 e. The van der Waals surface area contributed by atoms with Gasteiger partial charge in [0.2, 0.25) is 0 Å². The molecule has 0 bridgehead atoms. The van der Waals surface area contributed by atoms with Crippen LogP contribution in [-0.4, -0.2) is 58.7 Å². The second-order valence-corrected chi connectivity index (χ2v) is 5.01. The molecule has 0 aromatic carbocycles. The summed E-state index contributed by atoms with van der Waals surface area (Å²) >= 11 is 0. The van der Waals surface area contributed by atoms with Gasteiger partial charge in [0, 0.05) is 24.8 Å². The Morgan fingerprint density at radius 1 is 1.50 bits per heavy atom. The molecule has 1 aliphatic rings. The molecule has 1 fully saturated rings. The molecule has 20 heavy (non-hydrogen) atoms. The van der Waals surface area contributed by atoms with E-state index in [0.717, 1.165) is 19.6 Å². The topological polar surface area (TPSA) is 71.8 Å². The fraction of sp³-hybridized carbons (Fsp3) is 0.571. The molecule has 1 aliphatic heterocycles. The summed E-state index contributed by atoms with van der Waals surface area (Å²) in [5.41, 5.74) is 0.554. The summed E-state index contributed by atoms with van der Waals surface area (Å²) < 4.78 is 7.28. The lowest BCUT2D eigenvalue weighted by Crippen LogP contribution is -2.44. The van der Waals surface area contributed by atoms with Crippen molar-refractivity contribution in [2.45, 2.75) is 26.5 Å². The summed E-state index contributed by atoms with van der Waals surface area (Å²) in [5.74, 6) is -1.16. The highest BCUT2D eigenvalue weighted by Crippen LogP contribution is 2.14. The molecule has 1 aromatic heterocycles. The summed E-state index contributed by atoms with van der Waals surface area (Å²) in [6.45, 7) is 7.27. The lowest BCUT2D eigenvalue weighted by Gasteiger charge is -2.32. The fourth-order valence-corrected chi connectivity index (χ4v) is 2.43. The highest BCUT2D eigenvalue weighted by atomic mass is 16.5. The van der Waals surface area contributed by atoms with E-state index in [4.69, 9.17) is 4.74 Å². The zero-order valence-corrected chi connectivity index (χ0v) is 11.8. The molecule has 1 atom stereocenters. The van der Waals surface area contributed by atoms with E-state index >= 15 is 0 Å². The molecule has 110 valence electrons. The van der Waals surface area contributed by atoms with Crippen LogP contribution in [0.15, 0.2) is 12.3 Å². The molecule has 0 saturated carbocycles. The van der Waals surface area contributed by atoms with E-state index in [0.29, 0.717) is 18.7 Å². The lowest BCUT2D eigenvalue weighted by molar-refractivity contribution is -0.0345. The number of aromatic nitrogens is 1. The van der Waals surface area contributed by atoms with Crippen molar-refractivity contribution in [2.24, 2.45) is 0 Å². The van der Waals surface area contributed by atoms with Crippen molar-refractivity contribution in [1.82, 2.24) is 9.47 Å². The van der Waals surface area contributed by atoms with E-state index in [1.807, 2.05) is 0 Å². The molecule has 6 heteroatoms. The van der Waals surface area contributed by atoms with E-state index in [1.165, 1.54) is 13.0 Å². The number of likely N-dealkylation sites (N-methyl/N-ethyl adjacent to an activating group) is 1. The summed E-state index contributed by atoms with van der Waals surface area (Å²) in [4.78, 5) is 24.9. The zero-order chi connectivity index (χ0) is 14.7. The Labute approximate surface area is 117 Å². The average molecular weight is 280 g/mol. The number of nitrogens with zero attached hydrogens (tertiary/aromatic N) is 2. The van der Waals surface area contributed by atoms with Crippen LogP contribution >= 0.6 is 0 Å². The van der Waals surface area contributed by atoms with Gasteiger partial charge in [-0.1, -0.05) is 6.92 Å². The number of Topliss-reactive ketones (excluding diaryl/α,β-unsaturated/α-hetero) is 1. The van der Waals surface area contributed by atoms with Crippen LogP contribution in [0.5, 0.6) is 0 Å². The van der Waals surface area contributed by atoms with Gasteiger partial charge in [0.25, 0.3) is 0 Å². The molecular weight excluding hydrogens is 260 g/mol. The SMILES string of the molecule is CCN1CCOC(Cn2cc(C(C)=O)cc2C(=O)O)C1. The molecule has 0 amide bonds. The van der Waals surface area contributed by atoms with E-state index < -0.39 is 5.97 Å². The number of hydrogen-bond acceptors (Lipinski definition) is 4. The van der Waals surface area contributed by atoms with Gasteiger partial charge in [-0.25, -0.2) is 4.79 Å². The molecule has 2 heterocycles. The van der Waals surface area contributed by atoms with Gasteiger partial charge in [-0.2, -0.15) is 0 Å². The molecule has 1 N–H and O–H groups in total. The van der Waals surface area contributed by atoms with Crippen molar-refractivity contribution < 1.29 is 19.4 Å². The predicted molar refractivity (Wildman–Crippen MR) is 73.2 cm³/mol. The van der Waals surface area contributed by atoms with Crippen molar-refractivity contribution in [1.29, 1.82) is 0 Å². The van der Waals surface area contributed by atoms with Gasteiger partial charge < -0.3 is 14.4 Å². The van der Waals surface area contributed by atoms with Crippen molar-refractivity contribution in [3.05, 3.63) is 23.5 Å². The van der Waals surface area contributed by atoms with Gasteiger partial charge in [0.15, 0.2) is 5.78 Å². The maximum Gasteiger partial charge on any atom is 0.352 e. The predicted octanol–water partition coefficient (Wildman–Crippen LogP) is 1.11. The van der Waals surface area contributed by atoms with E-state index in [2.05, 4.69) is 11.8 Å². The Morgan fingerprint density at radius 3 is 2.85 bits per heavy atom. The third-order valence-corrected chi connectivity index (χ3v) is 3.59. The quantitative estimate of drug-likeness (QED) is 0.818. The molecule has 1 saturated heterocycles. The minimum Gasteiger partial charge on any atom is -0.477 e. The van der Waals surface area contributed by atoms with Crippen LogP contribution in [0.1, 0.15) is 34.7 Å². The van der Waals surface area contributed by atoms with Crippen LogP contribution in [0.2, 0.25) is 0 Å². The van der Waals surface area contributed by atoms with Crippen LogP contribution in [-0.2, 0) is 11.3 Å². The van der Waals surface area contributed by atoms with Crippen LogP contribution < -0.4 is 0 Å². The van der Waals surface area contributed by atoms with Gasteiger partial charge in [-0.15, -0.1) is 0 Å². The second kappa shape index (κ2) is 6.19. The molecule has 1 aromatic rings. The molecule has 2 rings (SSSR count). The number of hydrogen-bond donors (Lipinski definition) is 1. The average Bonchev–Trinajstić information content (AvgIpc) is 2.83. The molecule has 0 aliphatic carbocycles. The minimum atomic E-state index is -1.03. The monoisotopic (exact) mass is 280 g/mol. The van der Waals surface area contributed by atoms with Crippen molar-refractivity contribution in [2.75, 3.05) is 26.2 Å². The number of ether oxygens (including phenoxy) is 1. The molecular formula is C14H20N2O4. The Bertz CT molecular complexity index is 509. The minimum absolute atomic E-state index is 0.0472. The number of rotatable bonds is 5. The van der Waals surface area contributed by atoms with Crippen LogP contribution in [0.4, 0.5) is 0 Å². The zero-order valence-electron chi connectivity index (χ0n) is 11.8. The van der Waals surface area contributed by atoms with Gasteiger partial charge in [0.05, 0.1) is 19.3 Å². The lowest BCUT2D eigenvalue weighted by atomic mass is 10.2. The van der Waals surface area contributed by atoms with Crippen LogP contribution in [0.3, 0.4) is 0 Å². The molecule has 0 spiro atoms. The molecule has 1 unspecified atom stereocenters. The number of carboxylic acids is 1. The van der Waals surface area contributed by atoms with Crippen molar-refractivity contribution in [3.63, 3.8) is 0 Å². The molecule has 6 nitrogen and oxygen atoms in total. The first-order valence-corrected chi connectivity index (χ1v) is 6.79. The third kappa shape index (κ3) is 3.26. The van der Waals surface area contributed by atoms with E-state index in [-0.39, 0.29) is 17.6 Å². The number of carbonyl (C=O) groups is 2. The normalized spacial score (nSPS) is 20.0.